The summed E-state index contributed by atoms with van der Waals surface area (Å²) in [7, 11) is -4.93. The lowest BCUT2D eigenvalue weighted by atomic mass is 9.98. The fourth-order valence-electron chi connectivity index (χ4n) is 2.58. The van der Waals surface area contributed by atoms with Crippen molar-refractivity contribution in [3.05, 3.63) is 18.5 Å². The third-order valence-electron chi connectivity index (χ3n) is 4.29. The number of β-lactam (4-membered cyclic amide) rings is 1. The summed E-state index contributed by atoms with van der Waals surface area (Å²) in [6, 6.07) is -2.69. The van der Waals surface area contributed by atoms with Crippen LogP contribution in [0.3, 0.4) is 0 Å². The second-order valence-corrected chi connectivity index (χ2v) is 9.12. The third-order valence-corrected chi connectivity index (χ3v) is 5.78. The molecule has 0 aliphatic carbocycles. The fourth-order valence-corrected chi connectivity index (χ4v) is 3.89. The molecule has 0 bridgehead atoms. The van der Waals surface area contributed by atoms with E-state index in [9.17, 15) is 27.4 Å². The van der Waals surface area contributed by atoms with Crippen molar-refractivity contribution in [1.82, 2.24) is 33.7 Å². The van der Waals surface area contributed by atoms with E-state index < -0.39 is 51.5 Å². The molecule has 2 aromatic heterocycles. The number of aromatic nitrogens is 5. The first-order chi connectivity index (χ1) is 15.3. The molecule has 3 rings (SSSR count). The van der Waals surface area contributed by atoms with E-state index in [2.05, 4.69) is 29.9 Å². The molecular formula is C14H17N9O8S2. The number of nitrogen functional groups attached to an aromatic ring is 1. The summed E-state index contributed by atoms with van der Waals surface area (Å²) in [6.07, 6.45) is 2.40. The number of oxime groups is 1. The van der Waals surface area contributed by atoms with Crippen LogP contribution >= 0.6 is 11.5 Å². The summed E-state index contributed by atoms with van der Waals surface area (Å²) < 4.78 is 37.7. The predicted octanol–water partition coefficient (Wildman–Crippen LogP) is -2.51. The average molecular weight is 503 g/mol. The highest BCUT2D eigenvalue weighted by Crippen LogP contribution is 2.25. The minimum atomic E-state index is -4.93. The molecule has 0 saturated carbocycles. The summed E-state index contributed by atoms with van der Waals surface area (Å²) in [5, 5.41) is 18.7. The zero-order valence-electron chi connectivity index (χ0n) is 16.9. The van der Waals surface area contributed by atoms with E-state index in [1.165, 1.54) is 24.9 Å². The Hall–Kier alpha value is -3.71. The molecule has 3 heterocycles. The number of nitrogens with zero attached hydrogens (tertiary/aromatic N) is 7. The van der Waals surface area contributed by atoms with Crippen LogP contribution in [0.1, 0.15) is 19.7 Å². The lowest BCUT2D eigenvalue weighted by Gasteiger charge is -2.43. The van der Waals surface area contributed by atoms with Gasteiger partial charge in [-0.25, -0.2) is 14.1 Å². The number of carbonyl (C=O) groups is 3. The first-order valence-electron chi connectivity index (χ1n) is 8.84. The molecule has 1 aliphatic rings. The first kappa shape index (κ1) is 23.9. The van der Waals surface area contributed by atoms with Gasteiger partial charge in [-0.3, -0.25) is 18.8 Å². The molecule has 19 heteroatoms. The topological polar surface area (TPSA) is 245 Å². The summed E-state index contributed by atoms with van der Waals surface area (Å²) >= 11 is 0.714. The van der Waals surface area contributed by atoms with Crippen molar-refractivity contribution in [2.75, 3.05) is 5.73 Å². The second-order valence-electron chi connectivity index (χ2n) is 7.05. The normalized spacial score (nSPS) is 19.2. The number of nitrogens with two attached hydrogens (primary N) is 1. The number of hydrogen-bond donors (Lipinski definition) is 4. The summed E-state index contributed by atoms with van der Waals surface area (Å²) in [6.45, 7) is 2.10. The van der Waals surface area contributed by atoms with Crippen molar-refractivity contribution in [3.63, 3.8) is 0 Å². The van der Waals surface area contributed by atoms with Crippen molar-refractivity contribution >= 4 is 50.5 Å². The molecule has 2 aromatic rings. The van der Waals surface area contributed by atoms with E-state index in [1.54, 1.807) is 0 Å². The molecule has 2 amide bonds. The smallest absolute Gasteiger partial charge is 0.362 e. The van der Waals surface area contributed by atoms with Crippen molar-refractivity contribution in [2.45, 2.75) is 38.1 Å². The maximum absolute atomic E-state index is 12.9. The molecule has 0 aromatic carbocycles. The van der Waals surface area contributed by atoms with Gasteiger partial charge in [0.15, 0.2) is 5.13 Å². The van der Waals surface area contributed by atoms with Gasteiger partial charge >= 0.3 is 16.3 Å². The van der Waals surface area contributed by atoms with E-state index in [-0.39, 0.29) is 21.8 Å². The molecule has 2 atom stereocenters. The standard InChI is InChI=1S/C14H17N9O8S2/c1-14(2,12(26)27)31-20-8(9-19-13(15)32-21-9)10(24)18-7-6(3-22-5-16-4-17-22)23(11(7)25)33(28,29)30/h4-7H,3H2,1-2H3,(H,18,24)(H,26,27)(H2,15,19,21)(H,28,29,30)/b20-8+/t6-,7+/m1/s1. The van der Waals surface area contributed by atoms with Crippen LogP contribution in [0.2, 0.25) is 0 Å². The van der Waals surface area contributed by atoms with Crippen LogP contribution in [0.25, 0.3) is 0 Å². The molecule has 1 aliphatic heterocycles. The van der Waals surface area contributed by atoms with Gasteiger partial charge in [0.1, 0.15) is 18.7 Å². The minimum Gasteiger partial charge on any atom is -0.478 e. The number of anilines is 1. The number of nitrogens with one attached hydrogen (secondary N) is 1. The van der Waals surface area contributed by atoms with Crippen LogP contribution in [0.15, 0.2) is 17.8 Å². The zero-order chi connectivity index (χ0) is 24.6. The maximum atomic E-state index is 12.9. The quantitative estimate of drug-likeness (QED) is 0.120. The number of rotatable bonds is 9. The Morgan fingerprint density at radius 2 is 2.12 bits per heavy atom. The van der Waals surface area contributed by atoms with Crippen LogP contribution in [-0.2, 0) is 36.1 Å². The molecule has 17 nitrogen and oxygen atoms in total. The average Bonchev–Trinajstić information content (AvgIpc) is 3.36. The summed E-state index contributed by atoms with van der Waals surface area (Å²) in [5.74, 6) is -3.93. The Morgan fingerprint density at radius 3 is 2.64 bits per heavy atom. The molecule has 0 radical (unpaired) electrons. The monoisotopic (exact) mass is 503 g/mol. The van der Waals surface area contributed by atoms with Crippen LogP contribution in [0.5, 0.6) is 0 Å². The Bertz CT molecular complexity index is 1210. The molecular weight excluding hydrogens is 486 g/mol. The number of aliphatic carboxylic acids is 1. The highest BCUT2D eigenvalue weighted by atomic mass is 32.2. The largest absolute Gasteiger partial charge is 0.478 e. The predicted molar refractivity (Wildman–Crippen MR) is 108 cm³/mol. The van der Waals surface area contributed by atoms with E-state index in [0.29, 0.717) is 11.5 Å². The van der Waals surface area contributed by atoms with Gasteiger partial charge in [-0.2, -0.15) is 22.9 Å². The van der Waals surface area contributed by atoms with Gasteiger partial charge in [-0.1, -0.05) is 5.16 Å². The third kappa shape index (κ3) is 5.04. The number of hydrogen-bond acceptors (Lipinski definition) is 13. The van der Waals surface area contributed by atoms with Crippen LogP contribution in [0, 0.1) is 0 Å². The van der Waals surface area contributed by atoms with Gasteiger partial charge in [0.05, 0.1) is 12.6 Å². The van der Waals surface area contributed by atoms with Gasteiger partial charge in [0, 0.05) is 11.5 Å². The fraction of sp³-hybridized carbons (Fsp3) is 0.429. The lowest BCUT2D eigenvalue weighted by molar-refractivity contribution is -0.161. The lowest BCUT2D eigenvalue weighted by Crippen LogP contribution is -2.73. The second kappa shape index (κ2) is 8.67. The van der Waals surface area contributed by atoms with Gasteiger partial charge in [-0.15, -0.1) is 0 Å². The summed E-state index contributed by atoms with van der Waals surface area (Å²) in [4.78, 5) is 49.0. The van der Waals surface area contributed by atoms with E-state index in [4.69, 9.17) is 15.7 Å². The number of amides is 2. The van der Waals surface area contributed by atoms with Crippen LogP contribution in [0.4, 0.5) is 5.13 Å². The van der Waals surface area contributed by atoms with E-state index in [0.717, 1.165) is 6.33 Å². The Kier molecular flexibility index (Phi) is 6.29. The van der Waals surface area contributed by atoms with Gasteiger partial charge in [-0.05, 0) is 13.8 Å². The molecule has 178 valence electrons. The summed E-state index contributed by atoms with van der Waals surface area (Å²) in [5.41, 5.74) is 3.07. The highest BCUT2D eigenvalue weighted by Gasteiger charge is 2.54. The van der Waals surface area contributed by atoms with Crippen molar-refractivity contribution in [2.24, 2.45) is 5.16 Å². The number of carboxylic acids is 1. The van der Waals surface area contributed by atoms with Crippen molar-refractivity contribution < 1.29 is 37.3 Å². The Balaban J connectivity index is 1.88. The first-order valence-corrected chi connectivity index (χ1v) is 11.0. The van der Waals surface area contributed by atoms with Gasteiger partial charge in [0.2, 0.25) is 17.1 Å². The highest BCUT2D eigenvalue weighted by molar-refractivity contribution is 7.84. The van der Waals surface area contributed by atoms with E-state index in [1.807, 2.05) is 0 Å². The van der Waals surface area contributed by atoms with E-state index >= 15 is 0 Å². The molecule has 0 unspecified atom stereocenters. The molecule has 33 heavy (non-hydrogen) atoms. The SMILES string of the molecule is CC(C)(O/N=C(/C(=O)N[C@@H]1C(=O)N(S(=O)(=O)O)[C@@H]1Cn1cncn1)c1nsc(N)n1)C(=O)O. The molecule has 5 N–H and O–H groups in total. The Morgan fingerprint density at radius 1 is 1.42 bits per heavy atom. The Labute approximate surface area is 189 Å². The minimum absolute atomic E-state index is 0.0377. The van der Waals surface area contributed by atoms with Crippen LogP contribution < -0.4 is 11.1 Å². The molecule has 1 fully saturated rings. The van der Waals surface area contributed by atoms with Crippen LogP contribution in [-0.4, -0.2) is 87.7 Å². The zero-order valence-corrected chi connectivity index (χ0v) is 18.5. The van der Waals surface area contributed by atoms with Crippen molar-refractivity contribution in [1.29, 1.82) is 0 Å². The maximum Gasteiger partial charge on any atom is 0.362 e. The molecule has 0 spiro atoms. The van der Waals surface area contributed by atoms with Gasteiger partial charge in [0.25, 0.3) is 11.8 Å². The molecule has 1 saturated heterocycles. The number of carboxylic acid groups (broad SMARTS) is 1. The van der Waals surface area contributed by atoms with Crippen molar-refractivity contribution in [3.8, 4) is 0 Å². The number of carbonyl (C=O) groups excluding carboxylic acids is 2. The van der Waals surface area contributed by atoms with Gasteiger partial charge < -0.3 is 21.0 Å².